The number of nitrogens with zero attached hydrogens (tertiary/aromatic N) is 4. The Labute approximate surface area is 245 Å². The molecule has 7 unspecified atom stereocenters. The highest BCUT2D eigenvalue weighted by Gasteiger charge is 2.56. The molecule has 20 heteroatoms. The summed E-state index contributed by atoms with van der Waals surface area (Å²) in [5.41, 5.74) is 0. The van der Waals surface area contributed by atoms with Crippen molar-refractivity contribution >= 4 is 49.7 Å². The molecule has 43 heavy (non-hydrogen) atoms. The number of nitriles is 1. The Morgan fingerprint density at radius 2 is 1.77 bits per heavy atom. The highest BCUT2D eigenvalue weighted by Crippen LogP contribution is 2.40. The second-order valence-corrected chi connectivity index (χ2v) is 10.6. The lowest BCUT2D eigenvalue weighted by atomic mass is 10.1. The molecule has 2 aliphatic heterocycles. The van der Waals surface area contributed by atoms with Crippen LogP contribution in [-0.2, 0) is 61.8 Å². The van der Waals surface area contributed by atoms with E-state index in [0.29, 0.717) is 5.01 Å². The molecule has 2 heterocycles. The summed E-state index contributed by atoms with van der Waals surface area (Å²) in [6.07, 6.45) is -6.38. The van der Waals surface area contributed by atoms with Crippen LogP contribution in [-0.4, -0.2) is 114 Å². The van der Waals surface area contributed by atoms with Crippen molar-refractivity contribution in [1.29, 1.82) is 5.26 Å². The van der Waals surface area contributed by atoms with Gasteiger partial charge in [-0.05, 0) is 20.8 Å². The number of ketones is 2. The molecule has 1 saturated heterocycles. The minimum Gasteiger partial charge on any atom is -0.479 e. The Bertz CT molecular complexity index is 1190. The van der Waals surface area contributed by atoms with Gasteiger partial charge in [0, 0.05) is 19.9 Å². The zero-order valence-electron chi connectivity index (χ0n) is 23.7. The third kappa shape index (κ3) is 9.27. The molecule has 0 aromatic rings. The number of rotatable bonds is 15. The first-order valence-electron chi connectivity index (χ1n) is 12.6. The minimum absolute atomic E-state index is 0.188. The number of carbonyl (C=O) groups excluding carboxylic acids is 6. The van der Waals surface area contributed by atoms with E-state index in [1.807, 2.05) is 0 Å². The van der Waals surface area contributed by atoms with Crippen LogP contribution in [0, 0.1) is 11.3 Å². The van der Waals surface area contributed by atoms with Gasteiger partial charge in [0.2, 0.25) is 11.9 Å². The molecule has 0 bridgehead atoms. The number of ether oxygens (including phenoxy) is 5. The van der Waals surface area contributed by atoms with E-state index in [4.69, 9.17) is 28.7 Å². The SMILES string of the molecule is CCOC(=O)C(=O)C1N=NN(C2OC(COC(C(=O)O)P(NC(C)C)OCC#N)C(OC(C)=O)C2OC(C)=O)C(=O)C1=O. The molecule has 1 amide bonds. The monoisotopic (exact) mass is 631 g/mol. The number of aliphatic carboxylic acids is 1. The summed E-state index contributed by atoms with van der Waals surface area (Å²) in [5, 5.41) is 28.8. The molecule has 19 nitrogen and oxygen atoms in total. The molecule has 0 aromatic carbocycles. The summed E-state index contributed by atoms with van der Waals surface area (Å²) in [5.74, 6) is -10.8. The van der Waals surface area contributed by atoms with E-state index in [-0.39, 0.29) is 12.6 Å². The fourth-order valence-electron chi connectivity index (χ4n) is 3.72. The van der Waals surface area contributed by atoms with Crippen molar-refractivity contribution in [1.82, 2.24) is 10.1 Å². The van der Waals surface area contributed by atoms with Crippen LogP contribution in [0.25, 0.3) is 0 Å². The summed E-state index contributed by atoms with van der Waals surface area (Å²) in [6.45, 7) is 5.51. The number of hydrogen-bond acceptors (Lipinski definition) is 17. The smallest absolute Gasteiger partial charge is 0.377 e. The lowest BCUT2D eigenvalue weighted by molar-refractivity contribution is -0.175. The van der Waals surface area contributed by atoms with Crippen LogP contribution >= 0.6 is 8.30 Å². The van der Waals surface area contributed by atoms with Crippen molar-refractivity contribution < 1.29 is 66.9 Å². The first kappa shape index (κ1) is 35.2. The summed E-state index contributed by atoms with van der Waals surface area (Å²) < 4.78 is 31.6. The number of hydrogen-bond donors (Lipinski definition) is 2. The van der Waals surface area contributed by atoms with Gasteiger partial charge in [0.1, 0.15) is 21.0 Å². The van der Waals surface area contributed by atoms with E-state index in [2.05, 4.69) is 20.2 Å². The van der Waals surface area contributed by atoms with Crippen molar-refractivity contribution in [2.45, 2.75) is 77.1 Å². The van der Waals surface area contributed by atoms with Crippen molar-refractivity contribution in [3.63, 3.8) is 0 Å². The first-order valence-corrected chi connectivity index (χ1v) is 13.9. The van der Waals surface area contributed by atoms with Crippen molar-refractivity contribution in [3.05, 3.63) is 0 Å². The van der Waals surface area contributed by atoms with Crippen molar-refractivity contribution in [2.75, 3.05) is 19.8 Å². The first-order chi connectivity index (χ1) is 20.2. The van der Waals surface area contributed by atoms with Crippen LogP contribution in [0.2, 0.25) is 0 Å². The van der Waals surface area contributed by atoms with E-state index >= 15 is 0 Å². The average Bonchev–Trinajstić information content (AvgIpc) is 3.23. The Morgan fingerprint density at radius 3 is 2.30 bits per heavy atom. The molecule has 2 aliphatic rings. The summed E-state index contributed by atoms with van der Waals surface area (Å²) in [4.78, 5) is 85.6. The number of amides is 1. The maximum Gasteiger partial charge on any atom is 0.377 e. The van der Waals surface area contributed by atoms with Gasteiger partial charge in [-0.25, -0.2) is 9.59 Å². The maximum atomic E-state index is 13.0. The van der Waals surface area contributed by atoms with Crippen LogP contribution in [0.5, 0.6) is 0 Å². The molecular weight excluding hydrogens is 601 g/mol. The normalized spacial score (nSPS) is 24.7. The summed E-state index contributed by atoms with van der Waals surface area (Å²) in [6, 6.07) is -0.677. The third-order valence-electron chi connectivity index (χ3n) is 5.28. The zero-order chi connectivity index (χ0) is 32.4. The van der Waals surface area contributed by atoms with Gasteiger partial charge in [0.15, 0.2) is 18.4 Å². The molecule has 0 radical (unpaired) electrons. The van der Waals surface area contributed by atoms with Crippen LogP contribution in [0.3, 0.4) is 0 Å². The maximum absolute atomic E-state index is 13.0. The van der Waals surface area contributed by atoms with Crippen LogP contribution in [0.1, 0.15) is 34.6 Å². The molecule has 236 valence electrons. The molecular formula is C23H30N5O14P. The quantitative estimate of drug-likeness (QED) is 0.0731. The minimum atomic E-state index is -2.13. The number of Topliss-reactive ketones (excluding diaryl/α,β-unsaturated/α-hetero) is 2. The van der Waals surface area contributed by atoms with Crippen molar-refractivity contribution in [2.24, 2.45) is 10.3 Å². The van der Waals surface area contributed by atoms with Crippen molar-refractivity contribution in [3.8, 4) is 6.07 Å². The Kier molecular flexibility index (Phi) is 13.2. The lowest BCUT2D eigenvalue weighted by Crippen LogP contribution is -2.54. The predicted molar refractivity (Wildman–Crippen MR) is 136 cm³/mol. The Hall–Kier alpha value is -3.95. The molecule has 0 aromatic heterocycles. The number of carboxylic acids is 1. The van der Waals surface area contributed by atoms with Gasteiger partial charge in [-0.2, -0.15) is 10.3 Å². The second-order valence-electron chi connectivity index (χ2n) is 8.98. The van der Waals surface area contributed by atoms with E-state index in [1.165, 1.54) is 6.92 Å². The van der Waals surface area contributed by atoms with Gasteiger partial charge in [-0.15, -0.1) is 5.11 Å². The second kappa shape index (κ2) is 16.0. The van der Waals surface area contributed by atoms with Gasteiger partial charge in [-0.1, -0.05) is 5.22 Å². The molecule has 2 rings (SSSR count). The van der Waals surface area contributed by atoms with Crippen LogP contribution < -0.4 is 5.09 Å². The molecule has 2 N–H and O–H groups in total. The molecule has 0 spiro atoms. The summed E-state index contributed by atoms with van der Waals surface area (Å²) in [7, 11) is -2.10. The van der Waals surface area contributed by atoms with Gasteiger partial charge in [0.25, 0.3) is 11.6 Å². The summed E-state index contributed by atoms with van der Waals surface area (Å²) >= 11 is 0. The lowest BCUT2D eigenvalue weighted by Gasteiger charge is -2.29. The molecule has 0 saturated carbocycles. The van der Waals surface area contributed by atoms with Crippen LogP contribution in [0.15, 0.2) is 10.3 Å². The standard InChI is InChI=1S/C23H30N5O14P/c1-6-37-22(36)16(32)14-15(31)19(33)28(27-25-14)20-18(41-12(5)30)17(40-11(4)29)13(42-20)9-38-23(21(34)35)43(26-10(2)3)39-8-7-24/h10,13-14,17-18,20,23,26H,6,8-9H2,1-5H3,(H,34,35). The largest absolute Gasteiger partial charge is 0.479 e. The Balaban J connectivity index is 2.40. The molecule has 7 atom stereocenters. The highest BCUT2D eigenvalue weighted by atomic mass is 31.2. The molecule has 1 fully saturated rings. The number of carboxylic acid groups (broad SMARTS) is 1. The number of carbonyl (C=O) groups is 7. The van der Waals surface area contributed by atoms with E-state index < -0.39 is 99.3 Å². The highest BCUT2D eigenvalue weighted by molar-refractivity contribution is 7.52. The van der Waals surface area contributed by atoms with E-state index in [9.17, 15) is 38.7 Å². The van der Waals surface area contributed by atoms with Gasteiger partial charge < -0.3 is 33.3 Å². The molecule has 0 aliphatic carbocycles. The number of nitrogens with one attached hydrogen (secondary N) is 1. The van der Waals surface area contributed by atoms with Crippen LogP contribution in [0.4, 0.5) is 0 Å². The van der Waals surface area contributed by atoms with E-state index in [0.717, 1.165) is 13.8 Å². The fourth-order valence-corrected chi connectivity index (χ4v) is 5.20. The van der Waals surface area contributed by atoms with Gasteiger partial charge in [0.05, 0.1) is 19.3 Å². The Morgan fingerprint density at radius 1 is 1.14 bits per heavy atom. The van der Waals surface area contributed by atoms with E-state index in [1.54, 1.807) is 19.9 Å². The van der Waals surface area contributed by atoms with Gasteiger partial charge in [-0.3, -0.25) is 29.1 Å². The number of esters is 3. The predicted octanol–water partition coefficient (Wildman–Crippen LogP) is -0.869. The fraction of sp³-hybridized carbons (Fsp3) is 0.652. The third-order valence-corrected chi connectivity index (χ3v) is 7.26. The topological polar surface area (TPSA) is 259 Å². The zero-order valence-corrected chi connectivity index (χ0v) is 24.5. The average molecular weight is 631 g/mol. The van der Waals surface area contributed by atoms with Gasteiger partial charge >= 0.3 is 29.8 Å².